The van der Waals surface area contributed by atoms with Crippen LogP contribution in [0.1, 0.15) is 19.8 Å². The molecule has 5 heteroatoms. The van der Waals surface area contributed by atoms with E-state index < -0.39 is 18.2 Å². The number of unbranched alkanes of at least 4 members (excludes halogenated alkanes) is 1. The van der Waals surface area contributed by atoms with Crippen LogP contribution in [0, 0.1) is 0 Å². The lowest BCUT2D eigenvalue weighted by Gasteiger charge is -2.00. The highest BCUT2D eigenvalue weighted by molar-refractivity contribution is 5.82. The van der Waals surface area contributed by atoms with Crippen LogP contribution in [0.5, 0.6) is 0 Å². The van der Waals surface area contributed by atoms with E-state index in [1.54, 1.807) is 0 Å². The van der Waals surface area contributed by atoms with Gasteiger partial charge in [-0.15, -0.1) is 0 Å². The zero-order valence-electron chi connectivity index (χ0n) is 8.60. The maximum Gasteiger partial charge on any atom is 0.509 e. The number of rotatable bonds is 5. The molecule has 0 aromatic carbocycles. The molecule has 0 bridgehead atoms. The van der Waals surface area contributed by atoms with Crippen LogP contribution in [-0.2, 0) is 19.0 Å². The molecule has 1 fully saturated rings. The van der Waals surface area contributed by atoms with Gasteiger partial charge in [0.15, 0.2) is 6.10 Å². The minimum atomic E-state index is -0.705. The number of esters is 1. The summed E-state index contributed by atoms with van der Waals surface area (Å²) in [6.07, 6.45) is 3.36. The number of hydrogen-bond acceptors (Lipinski definition) is 5. The van der Waals surface area contributed by atoms with Crippen molar-refractivity contribution in [2.75, 3.05) is 13.2 Å². The molecule has 0 radical (unpaired) electrons. The van der Waals surface area contributed by atoms with Gasteiger partial charge in [0, 0.05) is 6.08 Å². The number of ether oxygens (including phenoxy) is 3. The average Bonchev–Trinajstić information content (AvgIpc) is 2.62. The fraction of sp³-hybridized carbons (Fsp3) is 0.600. The predicted molar refractivity (Wildman–Crippen MR) is 51.2 cm³/mol. The molecule has 1 atom stereocenters. The van der Waals surface area contributed by atoms with Crippen LogP contribution in [0.4, 0.5) is 4.79 Å². The molecule has 0 spiro atoms. The maximum absolute atomic E-state index is 11.1. The highest BCUT2D eigenvalue weighted by Crippen LogP contribution is 2.07. The summed E-state index contributed by atoms with van der Waals surface area (Å²) in [6, 6.07) is 0. The molecule has 84 valence electrons. The fourth-order valence-electron chi connectivity index (χ4n) is 0.988. The van der Waals surface area contributed by atoms with Crippen molar-refractivity contribution >= 4 is 12.1 Å². The molecular weight excluding hydrogens is 200 g/mol. The van der Waals surface area contributed by atoms with E-state index in [1.165, 1.54) is 12.2 Å². The second-order valence-corrected chi connectivity index (χ2v) is 3.10. The lowest BCUT2D eigenvalue weighted by Crippen LogP contribution is -2.08. The molecule has 0 amide bonds. The van der Waals surface area contributed by atoms with Crippen LogP contribution in [0.25, 0.3) is 0 Å². The number of cyclic esters (lactones) is 2. The largest absolute Gasteiger partial charge is 0.509 e. The van der Waals surface area contributed by atoms with Gasteiger partial charge in [0.2, 0.25) is 0 Å². The Hall–Kier alpha value is -1.52. The molecule has 0 saturated carbocycles. The van der Waals surface area contributed by atoms with Gasteiger partial charge in [0.25, 0.3) is 0 Å². The smallest absolute Gasteiger partial charge is 0.463 e. The second-order valence-electron chi connectivity index (χ2n) is 3.10. The summed E-state index contributed by atoms with van der Waals surface area (Å²) in [5.74, 6) is -0.425. The van der Waals surface area contributed by atoms with E-state index >= 15 is 0 Å². The van der Waals surface area contributed by atoms with Gasteiger partial charge in [0.05, 0.1) is 6.61 Å². The summed E-state index contributed by atoms with van der Waals surface area (Å²) >= 11 is 0. The number of carbonyl (C=O) groups excluding carboxylic acids is 2. The van der Waals surface area contributed by atoms with Crippen LogP contribution in [-0.4, -0.2) is 31.4 Å². The Morgan fingerprint density at radius 3 is 3.07 bits per heavy atom. The van der Waals surface area contributed by atoms with Crippen molar-refractivity contribution < 1.29 is 23.8 Å². The first-order valence-electron chi connectivity index (χ1n) is 4.90. The van der Waals surface area contributed by atoms with Gasteiger partial charge in [-0.2, -0.15) is 0 Å². The summed E-state index contributed by atoms with van der Waals surface area (Å²) in [5, 5.41) is 0. The Morgan fingerprint density at radius 1 is 1.67 bits per heavy atom. The first kappa shape index (κ1) is 11.6. The summed E-state index contributed by atoms with van der Waals surface area (Å²) in [5.41, 5.74) is 0. The van der Waals surface area contributed by atoms with Crippen molar-refractivity contribution in [1.82, 2.24) is 0 Å². The van der Waals surface area contributed by atoms with E-state index in [-0.39, 0.29) is 6.61 Å². The normalized spacial score (nSPS) is 20.1. The van der Waals surface area contributed by atoms with Gasteiger partial charge in [-0.3, -0.25) is 0 Å². The Kier molecular flexibility index (Phi) is 4.66. The van der Waals surface area contributed by atoms with E-state index in [2.05, 4.69) is 9.47 Å². The van der Waals surface area contributed by atoms with Crippen molar-refractivity contribution in [1.29, 1.82) is 0 Å². The molecule has 1 heterocycles. The SMILES string of the molecule is CCCCOC(=O)/C=C/[C@@H]1COC(=O)O1. The minimum Gasteiger partial charge on any atom is -0.463 e. The van der Waals surface area contributed by atoms with Crippen LogP contribution < -0.4 is 0 Å². The van der Waals surface area contributed by atoms with E-state index in [1.807, 2.05) is 6.92 Å². The van der Waals surface area contributed by atoms with E-state index in [0.29, 0.717) is 6.61 Å². The first-order valence-corrected chi connectivity index (χ1v) is 4.90. The Labute approximate surface area is 88.0 Å². The standard InChI is InChI=1S/C10H14O5/c1-2-3-6-13-9(11)5-4-8-7-14-10(12)15-8/h4-5,8H,2-3,6-7H2,1H3/b5-4+/t8-/m1/s1. The number of hydrogen-bond donors (Lipinski definition) is 0. The van der Waals surface area contributed by atoms with Crippen molar-refractivity contribution in [3.8, 4) is 0 Å². The van der Waals surface area contributed by atoms with Crippen LogP contribution in [0.3, 0.4) is 0 Å². The maximum atomic E-state index is 11.1. The van der Waals surface area contributed by atoms with Gasteiger partial charge in [-0.25, -0.2) is 9.59 Å². The van der Waals surface area contributed by atoms with Gasteiger partial charge in [-0.1, -0.05) is 13.3 Å². The molecule has 1 saturated heterocycles. The monoisotopic (exact) mass is 214 g/mol. The quantitative estimate of drug-likeness (QED) is 0.393. The van der Waals surface area contributed by atoms with E-state index in [4.69, 9.17) is 4.74 Å². The van der Waals surface area contributed by atoms with Crippen LogP contribution >= 0.6 is 0 Å². The summed E-state index contributed by atoms with van der Waals surface area (Å²) in [4.78, 5) is 21.6. The van der Waals surface area contributed by atoms with Crippen molar-refractivity contribution in [3.63, 3.8) is 0 Å². The average molecular weight is 214 g/mol. The van der Waals surface area contributed by atoms with Gasteiger partial charge in [0.1, 0.15) is 6.61 Å². The third-order valence-corrected chi connectivity index (χ3v) is 1.80. The minimum absolute atomic E-state index is 0.150. The molecule has 15 heavy (non-hydrogen) atoms. The van der Waals surface area contributed by atoms with Gasteiger partial charge >= 0.3 is 12.1 Å². The highest BCUT2D eigenvalue weighted by Gasteiger charge is 2.22. The highest BCUT2D eigenvalue weighted by atomic mass is 16.8. The molecule has 0 aromatic heterocycles. The summed E-state index contributed by atoms with van der Waals surface area (Å²) in [7, 11) is 0. The van der Waals surface area contributed by atoms with E-state index in [0.717, 1.165) is 12.8 Å². The second kappa shape index (κ2) is 6.06. The Balaban J connectivity index is 2.19. The van der Waals surface area contributed by atoms with Crippen LogP contribution in [0.2, 0.25) is 0 Å². The van der Waals surface area contributed by atoms with Gasteiger partial charge < -0.3 is 14.2 Å². The summed E-state index contributed by atoms with van der Waals surface area (Å²) < 4.78 is 14.1. The Morgan fingerprint density at radius 2 is 2.47 bits per heavy atom. The first-order chi connectivity index (χ1) is 7.22. The fourth-order valence-corrected chi connectivity index (χ4v) is 0.988. The third kappa shape index (κ3) is 4.49. The topological polar surface area (TPSA) is 61.8 Å². The predicted octanol–water partition coefficient (Wildman–Crippen LogP) is 1.42. The molecule has 1 rings (SSSR count). The van der Waals surface area contributed by atoms with Crippen LogP contribution in [0.15, 0.2) is 12.2 Å². The molecule has 1 aliphatic rings. The van der Waals surface area contributed by atoms with Gasteiger partial charge in [-0.05, 0) is 12.5 Å². The molecule has 1 aliphatic heterocycles. The zero-order valence-corrected chi connectivity index (χ0v) is 8.60. The summed E-state index contributed by atoms with van der Waals surface area (Å²) in [6.45, 7) is 2.58. The number of carbonyl (C=O) groups is 2. The third-order valence-electron chi connectivity index (χ3n) is 1.80. The molecule has 0 aromatic rings. The van der Waals surface area contributed by atoms with Crippen molar-refractivity contribution in [2.45, 2.75) is 25.9 Å². The molecule has 0 N–H and O–H groups in total. The molecule has 0 aliphatic carbocycles. The zero-order chi connectivity index (χ0) is 11.1. The molecular formula is C10H14O5. The molecule has 0 unspecified atom stereocenters. The van der Waals surface area contributed by atoms with Crippen molar-refractivity contribution in [2.24, 2.45) is 0 Å². The van der Waals surface area contributed by atoms with E-state index in [9.17, 15) is 9.59 Å². The Bertz CT molecular complexity index is 259. The lowest BCUT2D eigenvalue weighted by molar-refractivity contribution is -0.137. The lowest BCUT2D eigenvalue weighted by atomic mass is 10.3. The van der Waals surface area contributed by atoms with Crippen molar-refractivity contribution in [3.05, 3.63) is 12.2 Å². The molecule has 5 nitrogen and oxygen atoms in total.